The van der Waals surface area contributed by atoms with E-state index in [4.69, 9.17) is 15.6 Å². The first-order valence-corrected chi connectivity index (χ1v) is 6.31. The number of hydrogen-bond acceptors (Lipinski definition) is 5. The molecule has 2 rings (SSSR count). The van der Waals surface area contributed by atoms with E-state index in [0.717, 1.165) is 0 Å². The molecule has 1 saturated heterocycles. The smallest absolute Gasteiger partial charge is 0.305 e. The summed E-state index contributed by atoms with van der Waals surface area (Å²) in [6.45, 7) is 2.97. The minimum absolute atomic E-state index is 0.0670. The number of carboxylic acid groups (broad SMARTS) is 1. The summed E-state index contributed by atoms with van der Waals surface area (Å²) in [4.78, 5) is 24.4. The molecule has 0 aliphatic carbocycles. The number of carboxylic acids is 1. The van der Waals surface area contributed by atoms with Crippen LogP contribution in [-0.2, 0) is 16.6 Å². The Morgan fingerprint density at radius 2 is 2.25 bits per heavy atom. The summed E-state index contributed by atoms with van der Waals surface area (Å²) in [5.41, 5.74) is 6.29. The van der Waals surface area contributed by atoms with Crippen molar-refractivity contribution in [1.82, 2.24) is 9.78 Å². The van der Waals surface area contributed by atoms with Gasteiger partial charge in [-0.15, -0.1) is 0 Å². The number of nitrogens with two attached hydrogens (primary N) is 1. The summed E-state index contributed by atoms with van der Waals surface area (Å²) in [5.74, 6) is -0.916. The van der Waals surface area contributed by atoms with Gasteiger partial charge in [-0.1, -0.05) is 0 Å². The largest absolute Gasteiger partial charge is 0.481 e. The van der Waals surface area contributed by atoms with Gasteiger partial charge < -0.3 is 20.5 Å². The quantitative estimate of drug-likeness (QED) is 0.770. The molecule has 0 aromatic carbocycles. The fourth-order valence-corrected chi connectivity index (χ4v) is 2.57. The fraction of sp³-hybridized carbons (Fsp3) is 0.583. The number of anilines is 1. The van der Waals surface area contributed by atoms with Crippen molar-refractivity contribution < 1.29 is 19.4 Å². The van der Waals surface area contributed by atoms with Gasteiger partial charge in [0.2, 0.25) is 0 Å². The number of aryl methyl sites for hydroxylation is 2. The molecule has 1 aromatic rings. The molecule has 8 nitrogen and oxygen atoms in total. The van der Waals surface area contributed by atoms with E-state index in [1.165, 1.54) is 0 Å². The molecule has 8 heteroatoms. The second-order valence-electron chi connectivity index (χ2n) is 4.79. The fourth-order valence-electron chi connectivity index (χ4n) is 2.57. The van der Waals surface area contributed by atoms with Gasteiger partial charge >= 0.3 is 5.97 Å². The number of morpholine rings is 1. The highest BCUT2D eigenvalue weighted by atomic mass is 16.5. The summed E-state index contributed by atoms with van der Waals surface area (Å²) in [5, 5.41) is 13.2. The SMILES string of the molecule is Cc1nn(C)c(N2CCOCC2CC(=O)O)c1C(N)=O. The lowest BCUT2D eigenvalue weighted by molar-refractivity contribution is -0.138. The highest BCUT2D eigenvalue weighted by Crippen LogP contribution is 2.27. The number of aromatic nitrogens is 2. The Balaban J connectivity index is 2.42. The predicted octanol–water partition coefficient (Wildman–Crippen LogP) is -0.493. The number of aliphatic carboxylic acids is 1. The maximum Gasteiger partial charge on any atom is 0.305 e. The van der Waals surface area contributed by atoms with Gasteiger partial charge in [0.25, 0.3) is 5.91 Å². The molecule has 3 N–H and O–H groups in total. The molecule has 1 aromatic heterocycles. The molecular formula is C12H18N4O4. The molecule has 1 aliphatic heterocycles. The number of amides is 1. The molecule has 1 fully saturated rings. The normalized spacial score (nSPS) is 19.1. The molecule has 2 heterocycles. The van der Waals surface area contributed by atoms with Crippen molar-refractivity contribution in [2.45, 2.75) is 19.4 Å². The Bertz CT molecular complexity index is 540. The van der Waals surface area contributed by atoms with Gasteiger partial charge in [-0.05, 0) is 6.92 Å². The van der Waals surface area contributed by atoms with Crippen molar-refractivity contribution in [3.05, 3.63) is 11.3 Å². The first-order chi connectivity index (χ1) is 9.41. The van der Waals surface area contributed by atoms with Crippen LogP contribution < -0.4 is 10.6 Å². The Kier molecular flexibility index (Phi) is 3.93. The molecule has 0 saturated carbocycles. The second kappa shape index (κ2) is 5.49. The number of ether oxygens (including phenoxy) is 1. The van der Waals surface area contributed by atoms with Crippen molar-refractivity contribution in [2.24, 2.45) is 12.8 Å². The van der Waals surface area contributed by atoms with Gasteiger partial charge in [-0.2, -0.15) is 5.10 Å². The van der Waals surface area contributed by atoms with E-state index in [0.29, 0.717) is 36.8 Å². The zero-order valence-corrected chi connectivity index (χ0v) is 11.5. The van der Waals surface area contributed by atoms with Crippen molar-refractivity contribution in [3.8, 4) is 0 Å². The summed E-state index contributed by atoms with van der Waals surface area (Å²) >= 11 is 0. The summed E-state index contributed by atoms with van der Waals surface area (Å²) in [7, 11) is 1.71. The van der Waals surface area contributed by atoms with Crippen molar-refractivity contribution >= 4 is 17.7 Å². The van der Waals surface area contributed by atoms with Crippen LogP contribution in [0.1, 0.15) is 22.5 Å². The number of hydrogen-bond donors (Lipinski definition) is 2. The van der Waals surface area contributed by atoms with Gasteiger partial charge in [0.15, 0.2) is 0 Å². The third kappa shape index (κ3) is 2.60. The van der Waals surface area contributed by atoms with Crippen molar-refractivity contribution in [2.75, 3.05) is 24.7 Å². The Hall–Kier alpha value is -2.09. The van der Waals surface area contributed by atoms with Crippen LogP contribution >= 0.6 is 0 Å². The van der Waals surface area contributed by atoms with Crippen LogP contribution in [0.15, 0.2) is 0 Å². The van der Waals surface area contributed by atoms with Gasteiger partial charge in [0.1, 0.15) is 11.4 Å². The third-order valence-corrected chi connectivity index (χ3v) is 3.35. The minimum Gasteiger partial charge on any atom is -0.481 e. The van der Waals surface area contributed by atoms with Gasteiger partial charge in [-0.25, -0.2) is 0 Å². The van der Waals surface area contributed by atoms with Crippen LogP contribution in [0.2, 0.25) is 0 Å². The summed E-state index contributed by atoms with van der Waals surface area (Å²) < 4.78 is 6.90. The van der Waals surface area contributed by atoms with Crippen molar-refractivity contribution in [3.63, 3.8) is 0 Å². The Morgan fingerprint density at radius 1 is 1.55 bits per heavy atom. The molecular weight excluding hydrogens is 264 g/mol. The monoisotopic (exact) mass is 282 g/mol. The lowest BCUT2D eigenvalue weighted by Gasteiger charge is -2.36. The van der Waals surface area contributed by atoms with Crippen LogP contribution in [0, 0.1) is 6.92 Å². The minimum atomic E-state index is -0.912. The average molecular weight is 282 g/mol. The molecule has 0 radical (unpaired) electrons. The van der Waals surface area contributed by atoms with Gasteiger partial charge in [-0.3, -0.25) is 14.3 Å². The molecule has 1 aliphatic rings. The molecule has 0 spiro atoms. The van der Waals surface area contributed by atoms with Crippen LogP contribution in [0.4, 0.5) is 5.82 Å². The van der Waals surface area contributed by atoms with E-state index in [9.17, 15) is 9.59 Å². The predicted molar refractivity (Wildman–Crippen MR) is 70.7 cm³/mol. The topological polar surface area (TPSA) is 111 Å². The van der Waals surface area contributed by atoms with Crippen molar-refractivity contribution in [1.29, 1.82) is 0 Å². The molecule has 1 atom stereocenters. The zero-order valence-electron chi connectivity index (χ0n) is 11.5. The second-order valence-corrected chi connectivity index (χ2v) is 4.79. The molecule has 1 amide bonds. The Labute approximate surface area is 116 Å². The van der Waals surface area contributed by atoms with Crippen LogP contribution in [-0.4, -0.2) is 52.6 Å². The first-order valence-electron chi connectivity index (χ1n) is 6.31. The van der Waals surface area contributed by atoms with E-state index >= 15 is 0 Å². The number of rotatable bonds is 4. The molecule has 20 heavy (non-hydrogen) atoms. The van der Waals surface area contributed by atoms with E-state index in [2.05, 4.69) is 5.10 Å². The summed E-state index contributed by atoms with van der Waals surface area (Å²) in [6.07, 6.45) is -0.0670. The van der Waals surface area contributed by atoms with Crippen LogP contribution in [0.25, 0.3) is 0 Å². The average Bonchev–Trinajstić information content (AvgIpc) is 2.64. The maximum absolute atomic E-state index is 11.6. The number of carbonyl (C=O) groups excluding carboxylic acids is 1. The molecule has 0 bridgehead atoms. The lowest BCUT2D eigenvalue weighted by atomic mass is 10.1. The van der Waals surface area contributed by atoms with E-state index in [1.807, 2.05) is 4.90 Å². The van der Waals surface area contributed by atoms with E-state index in [-0.39, 0.29) is 12.5 Å². The number of primary amides is 1. The third-order valence-electron chi connectivity index (χ3n) is 3.35. The molecule has 110 valence electrons. The van der Waals surface area contributed by atoms with Crippen LogP contribution in [0.5, 0.6) is 0 Å². The first kappa shape index (κ1) is 14.3. The summed E-state index contributed by atoms with van der Waals surface area (Å²) in [6, 6.07) is -0.339. The maximum atomic E-state index is 11.6. The lowest BCUT2D eigenvalue weighted by Crippen LogP contribution is -2.48. The van der Waals surface area contributed by atoms with Gasteiger partial charge in [0, 0.05) is 13.6 Å². The highest BCUT2D eigenvalue weighted by Gasteiger charge is 2.31. The van der Waals surface area contributed by atoms with Crippen LogP contribution in [0.3, 0.4) is 0 Å². The molecule has 1 unspecified atom stereocenters. The standard InChI is InChI=1S/C12H18N4O4/c1-7-10(11(13)19)12(15(2)14-7)16-3-4-20-6-8(16)5-9(17)18/h8H,3-6H2,1-2H3,(H2,13,19)(H,17,18). The highest BCUT2D eigenvalue weighted by molar-refractivity contribution is 5.99. The number of nitrogens with zero attached hydrogens (tertiary/aromatic N) is 3. The van der Waals surface area contributed by atoms with E-state index < -0.39 is 11.9 Å². The van der Waals surface area contributed by atoms with Gasteiger partial charge in [0.05, 0.1) is 31.4 Å². The number of carbonyl (C=O) groups is 2. The van der Waals surface area contributed by atoms with E-state index in [1.54, 1.807) is 18.7 Å². The zero-order chi connectivity index (χ0) is 14.9. The Morgan fingerprint density at radius 3 is 2.85 bits per heavy atom.